The Kier molecular flexibility index (Phi) is 5.61. The van der Waals surface area contributed by atoms with Crippen LogP contribution in [0.25, 0.3) is 0 Å². The molecule has 1 fully saturated rings. The van der Waals surface area contributed by atoms with Crippen LogP contribution in [0.5, 0.6) is 5.06 Å². The average Bonchev–Trinajstić information content (AvgIpc) is 2.93. The molecule has 7 heteroatoms. The lowest BCUT2D eigenvalue weighted by Gasteiger charge is -2.24. The number of nitrogens with zero attached hydrogens (tertiary/aromatic N) is 1. The van der Waals surface area contributed by atoms with Crippen LogP contribution in [0.2, 0.25) is 0 Å². The first-order valence-electron chi connectivity index (χ1n) is 8.42. The fourth-order valence-electron chi connectivity index (χ4n) is 3.35. The summed E-state index contributed by atoms with van der Waals surface area (Å²) in [7, 11) is -3.10. The quantitative estimate of drug-likeness (QED) is 0.792. The first-order chi connectivity index (χ1) is 11.0. The van der Waals surface area contributed by atoms with Gasteiger partial charge in [0.15, 0.2) is 5.06 Å². The van der Waals surface area contributed by atoms with Gasteiger partial charge in [0.05, 0.1) is 12.9 Å². The highest BCUT2D eigenvalue weighted by Crippen LogP contribution is 2.34. The normalized spacial score (nSPS) is 22.7. The number of nitrogens with one attached hydrogen (secondary N) is 1. The fraction of sp³-hybridized carbons (Fsp3) is 0.750. The molecular weight excluding hydrogens is 332 g/mol. The molecule has 2 aliphatic rings. The third kappa shape index (κ3) is 4.68. The van der Waals surface area contributed by atoms with Gasteiger partial charge in [0.25, 0.3) is 0 Å². The maximum atomic E-state index is 11.7. The lowest BCUT2D eigenvalue weighted by atomic mass is 9.95. The van der Waals surface area contributed by atoms with Crippen LogP contribution in [0.1, 0.15) is 36.1 Å². The first kappa shape index (κ1) is 17.2. The van der Waals surface area contributed by atoms with Crippen molar-refractivity contribution in [3.05, 3.63) is 16.5 Å². The molecular formula is C16H26N2O3S2. The standard InChI is InChI=1S/C16H26N2O3S2/c1-23(19,20)18-8-6-15-14(12-18)10-16(22-15)21-9-3-5-13-4-2-7-17-11-13/h10,13,17H,2-9,11-12H2,1H3. The first-order valence-corrected chi connectivity index (χ1v) is 11.1. The van der Waals surface area contributed by atoms with Crippen molar-refractivity contribution in [2.45, 2.75) is 38.6 Å². The molecule has 23 heavy (non-hydrogen) atoms. The van der Waals surface area contributed by atoms with Crippen molar-refractivity contribution in [1.29, 1.82) is 0 Å². The molecule has 3 rings (SSSR count). The maximum absolute atomic E-state index is 11.7. The molecule has 1 aromatic heterocycles. The van der Waals surface area contributed by atoms with Gasteiger partial charge in [-0.1, -0.05) is 0 Å². The van der Waals surface area contributed by atoms with Gasteiger partial charge in [0.2, 0.25) is 10.0 Å². The van der Waals surface area contributed by atoms with E-state index in [1.165, 1.54) is 30.4 Å². The van der Waals surface area contributed by atoms with E-state index in [9.17, 15) is 8.42 Å². The molecule has 1 saturated heterocycles. The van der Waals surface area contributed by atoms with Crippen LogP contribution in [0.4, 0.5) is 0 Å². The lowest BCUT2D eigenvalue weighted by molar-refractivity contribution is 0.280. The summed E-state index contributed by atoms with van der Waals surface area (Å²) in [5, 5.41) is 4.39. The summed E-state index contributed by atoms with van der Waals surface area (Å²) in [5.41, 5.74) is 1.11. The predicted molar refractivity (Wildman–Crippen MR) is 93.6 cm³/mol. The Morgan fingerprint density at radius 3 is 3.09 bits per heavy atom. The summed E-state index contributed by atoms with van der Waals surface area (Å²) in [6.07, 6.45) is 7.01. The Hall–Kier alpha value is -0.630. The third-order valence-electron chi connectivity index (χ3n) is 4.68. The summed E-state index contributed by atoms with van der Waals surface area (Å²) in [5.74, 6) is 0.798. The summed E-state index contributed by atoms with van der Waals surface area (Å²) in [4.78, 5) is 1.27. The Morgan fingerprint density at radius 2 is 2.35 bits per heavy atom. The molecule has 0 saturated carbocycles. The van der Waals surface area contributed by atoms with Gasteiger partial charge in [-0.05, 0) is 62.7 Å². The molecule has 0 amide bonds. The minimum absolute atomic E-state index is 0.488. The highest BCUT2D eigenvalue weighted by molar-refractivity contribution is 7.88. The Labute approximate surface area is 143 Å². The van der Waals surface area contributed by atoms with E-state index in [2.05, 4.69) is 5.32 Å². The number of sulfonamides is 1. The van der Waals surface area contributed by atoms with Crippen LogP contribution in [0, 0.1) is 5.92 Å². The highest BCUT2D eigenvalue weighted by atomic mass is 32.2. The molecule has 0 aromatic carbocycles. The van der Waals surface area contributed by atoms with Crippen molar-refractivity contribution in [1.82, 2.24) is 9.62 Å². The Bertz CT molecular complexity index is 621. The average molecular weight is 359 g/mol. The molecule has 5 nitrogen and oxygen atoms in total. The minimum Gasteiger partial charge on any atom is -0.484 e. The van der Waals surface area contributed by atoms with Crippen LogP contribution in [-0.2, 0) is 23.0 Å². The zero-order chi connectivity index (χ0) is 16.3. The molecule has 1 atom stereocenters. The Morgan fingerprint density at radius 1 is 1.48 bits per heavy atom. The van der Waals surface area contributed by atoms with Gasteiger partial charge in [-0.2, -0.15) is 4.31 Å². The van der Waals surface area contributed by atoms with E-state index in [-0.39, 0.29) is 0 Å². The largest absolute Gasteiger partial charge is 0.484 e. The molecule has 1 unspecified atom stereocenters. The Balaban J connectivity index is 1.46. The van der Waals surface area contributed by atoms with E-state index >= 15 is 0 Å². The molecule has 1 N–H and O–H groups in total. The molecule has 1 aromatic rings. The molecule has 0 radical (unpaired) electrons. The zero-order valence-electron chi connectivity index (χ0n) is 13.7. The summed E-state index contributed by atoms with van der Waals surface area (Å²) < 4.78 is 30.8. The van der Waals surface area contributed by atoms with E-state index in [0.717, 1.165) is 49.1 Å². The topological polar surface area (TPSA) is 58.6 Å². The molecule has 3 heterocycles. The third-order valence-corrected chi connectivity index (χ3v) is 7.08. The molecule has 2 aliphatic heterocycles. The van der Waals surface area contributed by atoms with E-state index < -0.39 is 10.0 Å². The van der Waals surface area contributed by atoms with Crippen molar-refractivity contribution in [3.63, 3.8) is 0 Å². The summed E-state index contributed by atoms with van der Waals surface area (Å²) >= 11 is 1.68. The number of fused-ring (bicyclic) bond motifs is 1. The van der Waals surface area contributed by atoms with Crippen LogP contribution in [-0.4, -0.2) is 45.2 Å². The van der Waals surface area contributed by atoms with Crippen LogP contribution in [0.15, 0.2) is 6.07 Å². The van der Waals surface area contributed by atoms with Gasteiger partial charge in [0.1, 0.15) is 0 Å². The lowest BCUT2D eigenvalue weighted by Crippen LogP contribution is -2.34. The van der Waals surface area contributed by atoms with Crippen LogP contribution >= 0.6 is 11.3 Å². The van der Waals surface area contributed by atoms with Gasteiger partial charge in [0, 0.05) is 18.0 Å². The van der Waals surface area contributed by atoms with Crippen molar-refractivity contribution in [3.8, 4) is 5.06 Å². The van der Waals surface area contributed by atoms with Gasteiger partial charge >= 0.3 is 0 Å². The van der Waals surface area contributed by atoms with Crippen molar-refractivity contribution >= 4 is 21.4 Å². The summed E-state index contributed by atoms with van der Waals surface area (Å²) in [6, 6.07) is 2.03. The van der Waals surface area contributed by atoms with E-state index in [4.69, 9.17) is 4.74 Å². The molecule has 0 aliphatic carbocycles. The number of ether oxygens (including phenoxy) is 1. The predicted octanol–water partition coefficient (Wildman–Crippen LogP) is 2.22. The van der Waals surface area contributed by atoms with E-state index in [1.54, 1.807) is 15.6 Å². The van der Waals surface area contributed by atoms with Gasteiger partial charge in [-0.15, -0.1) is 11.3 Å². The van der Waals surface area contributed by atoms with Gasteiger partial charge < -0.3 is 10.1 Å². The SMILES string of the molecule is CS(=O)(=O)N1CCc2sc(OCCCC3CCCNC3)cc2C1. The number of thiophene rings is 1. The monoisotopic (exact) mass is 358 g/mol. The highest BCUT2D eigenvalue weighted by Gasteiger charge is 2.25. The van der Waals surface area contributed by atoms with Crippen molar-refractivity contribution < 1.29 is 13.2 Å². The van der Waals surface area contributed by atoms with Gasteiger partial charge in [-0.3, -0.25) is 0 Å². The second-order valence-corrected chi connectivity index (χ2v) is 9.65. The van der Waals surface area contributed by atoms with Crippen molar-refractivity contribution in [2.75, 3.05) is 32.5 Å². The molecule has 0 bridgehead atoms. The molecule has 130 valence electrons. The number of rotatable bonds is 6. The second-order valence-electron chi connectivity index (χ2n) is 6.56. The zero-order valence-corrected chi connectivity index (χ0v) is 15.3. The minimum atomic E-state index is -3.10. The fourth-order valence-corrected chi connectivity index (χ4v) is 5.18. The number of hydrogen-bond acceptors (Lipinski definition) is 5. The smallest absolute Gasteiger partial charge is 0.211 e. The maximum Gasteiger partial charge on any atom is 0.211 e. The van der Waals surface area contributed by atoms with Crippen LogP contribution < -0.4 is 10.1 Å². The van der Waals surface area contributed by atoms with Crippen LogP contribution in [0.3, 0.4) is 0 Å². The number of piperidine rings is 1. The van der Waals surface area contributed by atoms with E-state index in [0.29, 0.717) is 13.1 Å². The van der Waals surface area contributed by atoms with Crippen molar-refractivity contribution in [2.24, 2.45) is 5.92 Å². The summed E-state index contributed by atoms with van der Waals surface area (Å²) in [6.45, 7) is 4.14. The van der Waals surface area contributed by atoms with Gasteiger partial charge in [-0.25, -0.2) is 8.42 Å². The second kappa shape index (κ2) is 7.51. The van der Waals surface area contributed by atoms with E-state index in [1.807, 2.05) is 6.07 Å². The molecule has 0 spiro atoms. The number of hydrogen-bond donors (Lipinski definition) is 1.